The van der Waals surface area contributed by atoms with Crippen LogP contribution in [0.15, 0.2) is 34.9 Å². The number of fused-ring (bicyclic) bond motifs is 2. The van der Waals surface area contributed by atoms with Crippen molar-refractivity contribution in [3.63, 3.8) is 0 Å². The lowest BCUT2D eigenvalue weighted by Gasteiger charge is -2.46. The molecule has 2 bridgehead atoms. The average Bonchev–Trinajstić information content (AvgIpc) is 2.81. The lowest BCUT2D eigenvalue weighted by molar-refractivity contribution is 0.0324. The zero-order valence-corrected chi connectivity index (χ0v) is 22.8. The minimum Gasteiger partial charge on any atom is -0.444 e. The Balaban J connectivity index is 1.35. The molecule has 3 N–H and O–H groups in total. The highest BCUT2D eigenvalue weighted by Crippen LogP contribution is 2.43. The van der Waals surface area contributed by atoms with Gasteiger partial charge in [-0.2, -0.15) is 10.2 Å². The Hall–Kier alpha value is -2.86. The van der Waals surface area contributed by atoms with Crippen LogP contribution in [-0.2, 0) is 11.3 Å². The molecule has 1 heterocycles. The summed E-state index contributed by atoms with van der Waals surface area (Å²) in [5.41, 5.74) is 1.03. The van der Waals surface area contributed by atoms with E-state index >= 15 is 0 Å². The van der Waals surface area contributed by atoms with Crippen molar-refractivity contribution in [2.24, 2.45) is 17.8 Å². The topological polar surface area (TPSA) is 112 Å². The van der Waals surface area contributed by atoms with E-state index < -0.39 is 5.60 Å². The summed E-state index contributed by atoms with van der Waals surface area (Å²) in [5.74, 6) is 2.38. The molecule has 8 nitrogen and oxygen atoms in total. The third-order valence-electron chi connectivity index (χ3n) is 6.98. The molecule has 2 aliphatic carbocycles. The van der Waals surface area contributed by atoms with Crippen molar-refractivity contribution in [3.05, 3.63) is 46.1 Å². The van der Waals surface area contributed by atoms with Crippen molar-refractivity contribution in [3.8, 4) is 6.07 Å². The first-order valence-corrected chi connectivity index (χ1v) is 13.5. The molecule has 36 heavy (non-hydrogen) atoms. The Morgan fingerprint density at radius 1 is 1.19 bits per heavy atom. The minimum atomic E-state index is -0.498. The van der Waals surface area contributed by atoms with Gasteiger partial charge in [-0.15, -0.1) is 0 Å². The standard InChI is InChI=1S/C27H35BrN6O2/c1-27(2,3)36-26(35)33-23-18-8-6-9-19(23)12-17(11-18)14-30-24-21(13-29)16-32-25(34-24)31-15-20-7-4-5-10-22(20)28/h4-5,7,10,16-19,23H,6,8-9,11-12,14-15H2,1-3H3,(H,33,35)(H2,30,31,32,34)/t17?,18-,19+,23-. The van der Waals surface area contributed by atoms with Gasteiger partial charge in [-0.05, 0) is 75.8 Å². The van der Waals surface area contributed by atoms with Gasteiger partial charge in [0.15, 0.2) is 0 Å². The summed E-state index contributed by atoms with van der Waals surface area (Å²) in [7, 11) is 0. The van der Waals surface area contributed by atoms with Gasteiger partial charge in [0.05, 0.1) is 6.20 Å². The van der Waals surface area contributed by atoms with Crippen LogP contribution in [0.25, 0.3) is 0 Å². The summed E-state index contributed by atoms with van der Waals surface area (Å²) < 4.78 is 6.53. The van der Waals surface area contributed by atoms with Gasteiger partial charge in [-0.3, -0.25) is 0 Å². The smallest absolute Gasteiger partial charge is 0.407 e. The molecule has 4 rings (SSSR count). The first-order valence-electron chi connectivity index (χ1n) is 12.7. The van der Waals surface area contributed by atoms with Crippen LogP contribution < -0.4 is 16.0 Å². The molecule has 1 aromatic carbocycles. The number of anilines is 2. The van der Waals surface area contributed by atoms with Crippen LogP contribution in [0.2, 0.25) is 0 Å². The number of ether oxygens (including phenoxy) is 1. The zero-order chi connectivity index (χ0) is 25.7. The number of halogens is 1. The van der Waals surface area contributed by atoms with E-state index in [0.29, 0.717) is 41.6 Å². The number of nitrogens with zero attached hydrogens (tertiary/aromatic N) is 3. The quantitative estimate of drug-likeness (QED) is 0.393. The van der Waals surface area contributed by atoms with Gasteiger partial charge in [-0.25, -0.2) is 9.78 Å². The third-order valence-corrected chi connectivity index (χ3v) is 7.76. The van der Waals surface area contributed by atoms with Gasteiger partial charge in [0.1, 0.15) is 23.1 Å². The SMILES string of the molecule is CC(C)(C)OC(=O)N[C@@H]1[C@@H]2CCC[C@H]1CC(CNc1nc(NCc3ccccc3Br)ncc1C#N)C2. The first-order chi connectivity index (χ1) is 17.2. The lowest BCUT2D eigenvalue weighted by Crippen LogP contribution is -2.52. The highest BCUT2D eigenvalue weighted by molar-refractivity contribution is 9.10. The van der Waals surface area contributed by atoms with E-state index in [9.17, 15) is 10.1 Å². The monoisotopic (exact) mass is 554 g/mol. The molecule has 2 aromatic rings. The fourth-order valence-corrected chi connectivity index (χ4v) is 5.88. The molecule has 2 fully saturated rings. The largest absolute Gasteiger partial charge is 0.444 e. The van der Waals surface area contributed by atoms with E-state index in [1.165, 1.54) is 6.42 Å². The van der Waals surface area contributed by atoms with Crippen molar-refractivity contribution < 1.29 is 9.53 Å². The second-order valence-electron chi connectivity index (χ2n) is 10.9. The number of carbonyl (C=O) groups is 1. The van der Waals surface area contributed by atoms with E-state index in [-0.39, 0.29) is 12.1 Å². The number of rotatable bonds is 7. The van der Waals surface area contributed by atoms with E-state index in [4.69, 9.17) is 4.74 Å². The van der Waals surface area contributed by atoms with Crippen LogP contribution in [0, 0.1) is 29.1 Å². The predicted octanol–water partition coefficient (Wildman–Crippen LogP) is 5.85. The number of amides is 1. The first kappa shape index (κ1) is 26.2. The van der Waals surface area contributed by atoms with Crippen LogP contribution in [0.4, 0.5) is 16.6 Å². The Morgan fingerprint density at radius 3 is 2.58 bits per heavy atom. The second kappa shape index (κ2) is 11.5. The predicted molar refractivity (Wildman–Crippen MR) is 143 cm³/mol. The summed E-state index contributed by atoms with van der Waals surface area (Å²) in [5, 5.41) is 19.4. The number of hydrogen-bond acceptors (Lipinski definition) is 7. The maximum atomic E-state index is 12.4. The van der Waals surface area contributed by atoms with Crippen molar-refractivity contribution >= 4 is 33.8 Å². The van der Waals surface area contributed by atoms with Gasteiger partial charge < -0.3 is 20.7 Å². The van der Waals surface area contributed by atoms with Gasteiger partial charge >= 0.3 is 6.09 Å². The minimum absolute atomic E-state index is 0.173. The van der Waals surface area contributed by atoms with Crippen molar-refractivity contribution in [1.82, 2.24) is 15.3 Å². The molecule has 4 atom stereocenters. The molecule has 0 aliphatic heterocycles. The molecule has 0 spiro atoms. The Labute approximate surface area is 221 Å². The maximum Gasteiger partial charge on any atom is 0.407 e. The van der Waals surface area contributed by atoms with Crippen LogP contribution in [0.1, 0.15) is 64.0 Å². The molecule has 0 radical (unpaired) electrons. The number of nitrogens with one attached hydrogen (secondary N) is 3. The van der Waals surface area contributed by atoms with Crippen LogP contribution >= 0.6 is 15.9 Å². The van der Waals surface area contributed by atoms with Crippen LogP contribution in [0.5, 0.6) is 0 Å². The van der Waals surface area contributed by atoms with Crippen LogP contribution in [0.3, 0.4) is 0 Å². The number of aromatic nitrogens is 2. The Morgan fingerprint density at radius 2 is 1.92 bits per heavy atom. The van der Waals surface area contributed by atoms with Gasteiger partial charge in [-0.1, -0.05) is 40.5 Å². The van der Waals surface area contributed by atoms with E-state index in [0.717, 1.165) is 42.3 Å². The molecule has 1 unspecified atom stereocenters. The zero-order valence-electron chi connectivity index (χ0n) is 21.2. The second-order valence-corrected chi connectivity index (χ2v) is 11.7. The summed E-state index contributed by atoms with van der Waals surface area (Å²) >= 11 is 3.56. The summed E-state index contributed by atoms with van der Waals surface area (Å²) in [6, 6.07) is 10.4. The highest BCUT2D eigenvalue weighted by Gasteiger charge is 2.41. The van der Waals surface area contributed by atoms with Gasteiger partial charge in [0.2, 0.25) is 5.95 Å². The molecule has 0 saturated heterocycles. The highest BCUT2D eigenvalue weighted by atomic mass is 79.9. The summed E-state index contributed by atoms with van der Waals surface area (Å²) in [4.78, 5) is 21.3. The molecule has 2 aliphatic rings. The third kappa shape index (κ3) is 6.88. The molecule has 9 heteroatoms. The summed E-state index contributed by atoms with van der Waals surface area (Å²) in [6.07, 6.45) is 6.76. The number of benzene rings is 1. The number of carbonyl (C=O) groups excluding carboxylic acids is 1. The van der Waals surface area contributed by atoms with Crippen LogP contribution in [-0.4, -0.2) is 34.2 Å². The number of alkyl carbamates (subject to hydrolysis) is 1. The van der Waals surface area contributed by atoms with Crippen molar-refractivity contribution in [1.29, 1.82) is 5.26 Å². The van der Waals surface area contributed by atoms with Gasteiger partial charge in [0.25, 0.3) is 0 Å². The number of nitriles is 1. The molecule has 1 aromatic heterocycles. The van der Waals surface area contributed by atoms with E-state index in [1.807, 2.05) is 45.0 Å². The maximum absolute atomic E-state index is 12.4. The van der Waals surface area contributed by atoms with Crippen molar-refractivity contribution in [2.45, 2.75) is 71.1 Å². The lowest BCUT2D eigenvalue weighted by atomic mass is 9.64. The Kier molecular flexibility index (Phi) is 8.35. The normalized spacial score (nSPS) is 23.3. The molecule has 1 amide bonds. The fourth-order valence-electron chi connectivity index (χ4n) is 5.45. The van der Waals surface area contributed by atoms with Gasteiger partial charge in [0, 0.05) is 23.6 Å². The molecule has 2 saturated carbocycles. The molecular formula is C27H35BrN6O2. The average molecular weight is 556 g/mol. The summed E-state index contributed by atoms with van der Waals surface area (Å²) in [6.45, 7) is 6.98. The fraction of sp³-hybridized carbons (Fsp3) is 0.556. The molecular weight excluding hydrogens is 520 g/mol. The Bertz CT molecular complexity index is 1100. The molecule has 192 valence electrons. The van der Waals surface area contributed by atoms with E-state index in [2.05, 4.69) is 47.9 Å². The van der Waals surface area contributed by atoms with Crippen molar-refractivity contribution in [2.75, 3.05) is 17.2 Å². The van der Waals surface area contributed by atoms with E-state index in [1.54, 1.807) is 6.20 Å². The number of hydrogen-bond donors (Lipinski definition) is 3.